The van der Waals surface area contributed by atoms with Crippen LogP contribution in [0.2, 0.25) is 0 Å². The molecule has 0 saturated carbocycles. The molecule has 4 N–H and O–H groups in total. The van der Waals surface area contributed by atoms with E-state index in [1.165, 1.54) is 0 Å². The van der Waals surface area contributed by atoms with Crippen LogP contribution in [-0.2, 0) is 4.79 Å². The monoisotopic (exact) mass is 336 g/mol. The number of nitrogens with two attached hydrogens (primary N) is 1. The van der Waals surface area contributed by atoms with Crippen LogP contribution in [-0.4, -0.2) is 23.7 Å². The smallest absolute Gasteiger partial charge is 0.322 e. The fourth-order valence-electron chi connectivity index (χ4n) is 0.940. The number of benzene rings is 1. The Bertz CT molecular complexity index is 371. The Morgan fingerprint density at radius 3 is 2.80 bits per heavy atom. The summed E-state index contributed by atoms with van der Waals surface area (Å²) in [6, 6.07) is 4.68. The molecule has 1 unspecified atom stereocenters. The van der Waals surface area contributed by atoms with Gasteiger partial charge in [-0.1, -0.05) is 15.9 Å². The molecule has 4 nitrogen and oxygen atoms in total. The normalized spacial score (nSPS) is 12.2. The van der Waals surface area contributed by atoms with E-state index in [1.54, 1.807) is 0 Å². The highest BCUT2D eigenvalue weighted by molar-refractivity contribution is 9.11. The van der Waals surface area contributed by atoms with Crippen molar-refractivity contribution in [2.45, 2.75) is 6.04 Å². The molecule has 0 radical (unpaired) electrons. The van der Waals surface area contributed by atoms with Gasteiger partial charge in [-0.05, 0) is 34.1 Å². The molecular weight excluding hydrogens is 328 g/mol. The highest BCUT2D eigenvalue weighted by atomic mass is 79.9. The molecule has 0 spiro atoms. The van der Waals surface area contributed by atoms with Gasteiger partial charge in [0.1, 0.15) is 6.04 Å². The molecule has 0 aromatic heterocycles. The molecule has 0 amide bonds. The summed E-state index contributed by atoms with van der Waals surface area (Å²) in [5, 5.41) is 11.6. The molecule has 6 heteroatoms. The van der Waals surface area contributed by atoms with Gasteiger partial charge < -0.3 is 16.2 Å². The second-order valence-corrected chi connectivity index (χ2v) is 4.72. The second kappa shape index (κ2) is 5.48. The minimum atomic E-state index is -1.02. The molecule has 15 heavy (non-hydrogen) atoms. The summed E-state index contributed by atoms with van der Waals surface area (Å²) < 4.78 is 1.78. The van der Waals surface area contributed by atoms with Crippen molar-refractivity contribution in [1.82, 2.24) is 0 Å². The Labute approximate surface area is 104 Å². The third kappa shape index (κ3) is 3.81. The Morgan fingerprint density at radius 1 is 1.53 bits per heavy atom. The van der Waals surface area contributed by atoms with Gasteiger partial charge >= 0.3 is 5.97 Å². The van der Waals surface area contributed by atoms with Crippen molar-refractivity contribution in [3.8, 4) is 0 Å². The molecule has 1 rings (SSSR count). The SMILES string of the molecule is NC(CNc1cc(Br)ccc1Br)C(=O)O. The molecule has 0 saturated heterocycles. The van der Waals surface area contributed by atoms with Crippen LogP contribution in [0.15, 0.2) is 27.1 Å². The van der Waals surface area contributed by atoms with E-state index in [1.807, 2.05) is 18.2 Å². The van der Waals surface area contributed by atoms with Crippen molar-refractivity contribution < 1.29 is 9.90 Å². The lowest BCUT2D eigenvalue weighted by Crippen LogP contribution is -2.36. The number of hydrogen-bond donors (Lipinski definition) is 3. The summed E-state index contributed by atoms with van der Waals surface area (Å²) in [5.74, 6) is -1.02. The first-order valence-corrected chi connectivity index (χ1v) is 5.76. The van der Waals surface area contributed by atoms with Gasteiger partial charge in [-0.25, -0.2) is 0 Å². The molecule has 1 aromatic rings. The van der Waals surface area contributed by atoms with Gasteiger partial charge in [-0.3, -0.25) is 4.79 Å². The minimum Gasteiger partial charge on any atom is -0.480 e. The van der Waals surface area contributed by atoms with Crippen molar-refractivity contribution in [1.29, 1.82) is 0 Å². The number of carboxylic acid groups (broad SMARTS) is 1. The van der Waals surface area contributed by atoms with E-state index in [2.05, 4.69) is 37.2 Å². The third-order valence-corrected chi connectivity index (χ3v) is 2.94. The Kier molecular flexibility index (Phi) is 4.56. The van der Waals surface area contributed by atoms with Crippen molar-refractivity contribution in [2.24, 2.45) is 5.73 Å². The largest absolute Gasteiger partial charge is 0.480 e. The number of aliphatic carboxylic acids is 1. The number of rotatable bonds is 4. The number of halogens is 2. The third-order valence-electron chi connectivity index (χ3n) is 1.76. The maximum atomic E-state index is 10.5. The lowest BCUT2D eigenvalue weighted by molar-refractivity contribution is -0.138. The zero-order valence-corrected chi connectivity index (χ0v) is 10.9. The molecule has 0 fully saturated rings. The van der Waals surface area contributed by atoms with E-state index >= 15 is 0 Å². The fourth-order valence-corrected chi connectivity index (χ4v) is 1.69. The van der Waals surface area contributed by atoms with Gasteiger partial charge in [0.2, 0.25) is 0 Å². The van der Waals surface area contributed by atoms with Gasteiger partial charge in [0.25, 0.3) is 0 Å². The topological polar surface area (TPSA) is 75.3 Å². The molecule has 1 aromatic carbocycles. The zero-order chi connectivity index (χ0) is 11.4. The van der Waals surface area contributed by atoms with Crippen molar-refractivity contribution in [2.75, 3.05) is 11.9 Å². The van der Waals surface area contributed by atoms with E-state index in [-0.39, 0.29) is 6.54 Å². The van der Waals surface area contributed by atoms with E-state index < -0.39 is 12.0 Å². The van der Waals surface area contributed by atoms with Crippen LogP contribution < -0.4 is 11.1 Å². The summed E-state index contributed by atoms with van der Waals surface area (Å²) in [4.78, 5) is 10.5. The summed E-state index contributed by atoms with van der Waals surface area (Å²) >= 11 is 6.67. The fraction of sp³-hybridized carbons (Fsp3) is 0.222. The van der Waals surface area contributed by atoms with Crippen molar-refractivity contribution in [3.05, 3.63) is 27.1 Å². The minimum absolute atomic E-state index is 0.185. The first-order chi connectivity index (χ1) is 7.00. The molecule has 0 aliphatic carbocycles. The van der Waals surface area contributed by atoms with Gasteiger partial charge in [0, 0.05) is 21.2 Å². The lowest BCUT2D eigenvalue weighted by Gasteiger charge is -2.11. The van der Waals surface area contributed by atoms with Crippen LogP contribution >= 0.6 is 31.9 Å². The van der Waals surface area contributed by atoms with Crippen LogP contribution in [0.1, 0.15) is 0 Å². The molecular formula is C9H10Br2N2O2. The molecule has 82 valence electrons. The van der Waals surface area contributed by atoms with Gasteiger partial charge in [-0.2, -0.15) is 0 Å². The van der Waals surface area contributed by atoms with E-state index in [0.717, 1.165) is 14.6 Å². The molecule has 0 bridgehead atoms. The summed E-state index contributed by atoms with van der Waals surface area (Å²) in [6.07, 6.45) is 0. The van der Waals surface area contributed by atoms with E-state index in [9.17, 15) is 4.79 Å². The molecule has 0 aliphatic rings. The predicted molar refractivity (Wildman–Crippen MR) is 65.9 cm³/mol. The number of nitrogens with one attached hydrogen (secondary N) is 1. The molecule has 0 heterocycles. The second-order valence-electron chi connectivity index (χ2n) is 2.95. The van der Waals surface area contributed by atoms with Crippen LogP contribution in [0.3, 0.4) is 0 Å². The van der Waals surface area contributed by atoms with E-state index in [0.29, 0.717) is 0 Å². The average Bonchev–Trinajstić information content (AvgIpc) is 2.18. The first-order valence-electron chi connectivity index (χ1n) is 4.18. The van der Waals surface area contributed by atoms with Crippen LogP contribution in [0, 0.1) is 0 Å². The average molecular weight is 338 g/mol. The van der Waals surface area contributed by atoms with Gasteiger partial charge in [-0.15, -0.1) is 0 Å². The molecule has 1 atom stereocenters. The van der Waals surface area contributed by atoms with Crippen LogP contribution in [0.5, 0.6) is 0 Å². The number of hydrogen-bond acceptors (Lipinski definition) is 3. The lowest BCUT2D eigenvalue weighted by atomic mass is 10.3. The maximum absolute atomic E-state index is 10.5. The Hall–Kier alpha value is -0.590. The molecule has 0 aliphatic heterocycles. The maximum Gasteiger partial charge on any atom is 0.322 e. The quantitative estimate of drug-likeness (QED) is 0.785. The van der Waals surface area contributed by atoms with Crippen LogP contribution in [0.25, 0.3) is 0 Å². The van der Waals surface area contributed by atoms with Crippen molar-refractivity contribution >= 4 is 43.5 Å². The summed E-state index contributed by atoms with van der Waals surface area (Å²) in [5.41, 5.74) is 6.17. The first kappa shape index (κ1) is 12.5. The van der Waals surface area contributed by atoms with E-state index in [4.69, 9.17) is 10.8 Å². The highest BCUT2D eigenvalue weighted by Crippen LogP contribution is 2.25. The number of anilines is 1. The predicted octanol–water partition coefficient (Wildman–Crippen LogP) is 2.04. The standard InChI is InChI=1S/C9H10Br2N2O2/c10-5-1-2-6(11)8(3-5)13-4-7(12)9(14)15/h1-3,7,13H,4,12H2,(H,14,15). The summed E-state index contributed by atoms with van der Waals surface area (Å²) in [6.45, 7) is 0.185. The van der Waals surface area contributed by atoms with Gasteiger partial charge in [0.15, 0.2) is 0 Å². The van der Waals surface area contributed by atoms with Crippen LogP contribution in [0.4, 0.5) is 5.69 Å². The Morgan fingerprint density at radius 2 is 2.20 bits per heavy atom. The van der Waals surface area contributed by atoms with Crippen molar-refractivity contribution in [3.63, 3.8) is 0 Å². The summed E-state index contributed by atoms with van der Waals surface area (Å²) in [7, 11) is 0. The number of carboxylic acids is 1. The van der Waals surface area contributed by atoms with Gasteiger partial charge in [0.05, 0.1) is 0 Å². The zero-order valence-electron chi connectivity index (χ0n) is 7.71. The highest BCUT2D eigenvalue weighted by Gasteiger charge is 2.11. The number of carbonyl (C=O) groups is 1. The Balaban J connectivity index is 2.65.